The topological polar surface area (TPSA) is 125 Å². The van der Waals surface area contributed by atoms with Crippen molar-refractivity contribution in [3.05, 3.63) is 56.9 Å². The number of nitriles is 1. The van der Waals surface area contributed by atoms with Gasteiger partial charge in [0.1, 0.15) is 11.9 Å². The summed E-state index contributed by atoms with van der Waals surface area (Å²) in [5, 5.41) is 30.8. The Hall–Kier alpha value is -3.86. The minimum atomic E-state index is -0.700. The molecule has 0 fully saturated rings. The zero-order chi connectivity index (χ0) is 20.4. The third-order valence-corrected chi connectivity index (χ3v) is 4.36. The van der Waals surface area contributed by atoms with Crippen LogP contribution in [0.5, 0.6) is 11.5 Å². The van der Waals surface area contributed by atoms with Crippen LogP contribution in [-0.4, -0.2) is 26.6 Å². The first-order valence-corrected chi connectivity index (χ1v) is 8.57. The number of nitrogens with one attached hydrogen (secondary N) is 1. The van der Waals surface area contributed by atoms with E-state index in [0.717, 1.165) is 22.2 Å². The van der Waals surface area contributed by atoms with Crippen LogP contribution in [0.1, 0.15) is 29.4 Å². The number of aromatic nitrogens is 2. The first kappa shape index (κ1) is 18.9. The van der Waals surface area contributed by atoms with Crippen LogP contribution in [0.4, 0.5) is 5.69 Å². The Kier molecular flexibility index (Phi) is 5.00. The Balaban J connectivity index is 2.12. The Labute approximate surface area is 160 Å². The number of phenolic OH excluding ortho intramolecular Hbond substituents is 1. The summed E-state index contributed by atoms with van der Waals surface area (Å²) < 4.78 is 5.27. The largest absolute Gasteiger partial charge is 0.500 e. The molecular weight excluding hydrogens is 360 g/mol. The maximum atomic E-state index is 11.2. The maximum Gasteiger partial charge on any atom is 0.315 e. The molecule has 0 amide bonds. The van der Waals surface area contributed by atoms with E-state index in [1.54, 1.807) is 6.92 Å². The van der Waals surface area contributed by atoms with Gasteiger partial charge >= 0.3 is 5.69 Å². The summed E-state index contributed by atoms with van der Waals surface area (Å²) in [4.78, 5) is 18.1. The molecule has 8 heteroatoms. The highest BCUT2D eigenvalue weighted by molar-refractivity contribution is 5.91. The molecule has 142 valence electrons. The Morgan fingerprint density at radius 1 is 1.36 bits per heavy atom. The second-order valence-electron chi connectivity index (χ2n) is 6.29. The van der Waals surface area contributed by atoms with E-state index in [9.17, 15) is 20.5 Å². The third-order valence-electron chi connectivity index (χ3n) is 4.36. The zero-order valence-corrected chi connectivity index (χ0v) is 15.6. The van der Waals surface area contributed by atoms with Crippen LogP contribution in [-0.2, 0) is 0 Å². The molecule has 3 rings (SSSR count). The number of rotatable bonds is 5. The van der Waals surface area contributed by atoms with E-state index in [-0.39, 0.29) is 17.9 Å². The number of allylic oxidation sites excluding steroid dienone is 1. The van der Waals surface area contributed by atoms with Gasteiger partial charge in [0, 0.05) is 6.07 Å². The maximum absolute atomic E-state index is 11.2. The fraction of sp³-hybridized carbons (Fsp3) is 0.200. The number of nitrogens with zero attached hydrogens (tertiary/aromatic N) is 3. The summed E-state index contributed by atoms with van der Waals surface area (Å²) in [5.74, 6) is -0.204. The van der Waals surface area contributed by atoms with Gasteiger partial charge < -0.3 is 14.8 Å². The van der Waals surface area contributed by atoms with Gasteiger partial charge in [0.05, 0.1) is 28.1 Å². The quantitative estimate of drug-likeness (QED) is 0.388. The van der Waals surface area contributed by atoms with Crippen molar-refractivity contribution in [2.24, 2.45) is 0 Å². The van der Waals surface area contributed by atoms with Crippen LogP contribution in [0.15, 0.2) is 24.3 Å². The Bertz CT molecular complexity index is 1120. The monoisotopic (exact) mass is 378 g/mol. The van der Waals surface area contributed by atoms with Crippen molar-refractivity contribution < 1.29 is 14.8 Å². The molecule has 0 aliphatic carbocycles. The van der Waals surface area contributed by atoms with Crippen molar-refractivity contribution in [1.29, 1.82) is 5.26 Å². The number of ether oxygens (including phenoxy) is 1. The van der Waals surface area contributed by atoms with Gasteiger partial charge in [-0.2, -0.15) is 5.26 Å². The van der Waals surface area contributed by atoms with E-state index in [1.807, 2.05) is 26.0 Å². The summed E-state index contributed by atoms with van der Waals surface area (Å²) >= 11 is 0. The number of H-pyrrole nitrogens is 1. The van der Waals surface area contributed by atoms with Crippen molar-refractivity contribution in [2.75, 3.05) is 6.61 Å². The summed E-state index contributed by atoms with van der Waals surface area (Å²) in [5.41, 5.74) is 3.76. The molecule has 0 spiro atoms. The molecule has 2 N–H and O–H groups in total. The van der Waals surface area contributed by atoms with E-state index < -0.39 is 16.4 Å². The zero-order valence-electron chi connectivity index (χ0n) is 15.6. The number of hydrogen-bond acceptors (Lipinski definition) is 6. The second kappa shape index (κ2) is 7.40. The first-order chi connectivity index (χ1) is 13.3. The lowest BCUT2D eigenvalue weighted by Crippen LogP contribution is -1.96. The second-order valence-corrected chi connectivity index (χ2v) is 6.29. The van der Waals surface area contributed by atoms with Crippen molar-refractivity contribution in [3.63, 3.8) is 0 Å². The molecule has 0 atom stereocenters. The number of aromatic hydroxyl groups is 1. The molecule has 1 heterocycles. The predicted molar refractivity (Wildman–Crippen MR) is 105 cm³/mol. The van der Waals surface area contributed by atoms with E-state index in [4.69, 9.17) is 4.74 Å². The number of hydrogen-bond donors (Lipinski definition) is 2. The van der Waals surface area contributed by atoms with Crippen molar-refractivity contribution in [3.8, 4) is 17.6 Å². The van der Waals surface area contributed by atoms with Gasteiger partial charge in [-0.25, -0.2) is 4.98 Å². The Morgan fingerprint density at radius 3 is 2.71 bits per heavy atom. The molecular formula is C20H18N4O4. The van der Waals surface area contributed by atoms with Crippen LogP contribution in [0.25, 0.3) is 22.7 Å². The number of aryl methyl sites for hydroxylation is 2. The van der Waals surface area contributed by atoms with Crippen molar-refractivity contribution in [1.82, 2.24) is 9.97 Å². The van der Waals surface area contributed by atoms with Crippen LogP contribution in [0, 0.1) is 35.3 Å². The van der Waals surface area contributed by atoms with E-state index >= 15 is 0 Å². The minimum absolute atomic E-state index is 0.0175. The highest BCUT2D eigenvalue weighted by Gasteiger charge is 2.20. The van der Waals surface area contributed by atoms with Gasteiger partial charge in [-0.1, -0.05) is 0 Å². The molecule has 1 aromatic heterocycles. The molecule has 0 aliphatic rings. The van der Waals surface area contributed by atoms with Gasteiger partial charge in [-0.3, -0.25) is 10.1 Å². The van der Waals surface area contributed by atoms with Crippen molar-refractivity contribution in [2.45, 2.75) is 20.8 Å². The smallest absolute Gasteiger partial charge is 0.315 e. The summed E-state index contributed by atoms with van der Waals surface area (Å²) in [6.45, 7) is 5.90. The fourth-order valence-electron chi connectivity index (χ4n) is 2.82. The molecule has 0 saturated heterocycles. The molecule has 0 bridgehead atoms. The lowest BCUT2D eigenvalue weighted by Gasteiger charge is -2.07. The third kappa shape index (κ3) is 3.50. The minimum Gasteiger partial charge on any atom is -0.500 e. The first-order valence-electron chi connectivity index (χ1n) is 8.57. The number of nitro benzene ring substituents is 1. The highest BCUT2D eigenvalue weighted by Crippen LogP contribution is 2.38. The molecule has 0 unspecified atom stereocenters. The molecule has 3 aromatic rings. The Morgan fingerprint density at radius 2 is 2.07 bits per heavy atom. The van der Waals surface area contributed by atoms with Crippen molar-refractivity contribution >= 4 is 28.4 Å². The predicted octanol–water partition coefficient (Wildman–Crippen LogP) is 4.26. The van der Waals surface area contributed by atoms with E-state index in [0.29, 0.717) is 11.4 Å². The molecule has 2 aromatic carbocycles. The van der Waals surface area contributed by atoms with E-state index in [1.165, 1.54) is 18.2 Å². The van der Waals surface area contributed by atoms with Gasteiger partial charge in [0.15, 0.2) is 5.75 Å². The molecule has 0 saturated carbocycles. The van der Waals surface area contributed by atoms with Gasteiger partial charge in [0.2, 0.25) is 5.75 Å². The normalized spacial score (nSPS) is 11.4. The average molecular weight is 378 g/mol. The van der Waals surface area contributed by atoms with Gasteiger partial charge in [-0.05, 0) is 61.7 Å². The average Bonchev–Trinajstić information content (AvgIpc) is 3.04. The SMILES string of the molecule is CCOc1cc(C=C(C#N)c2nc3cc(C)c(C)cc3[nH]2)cc([N+](=O)[O-])c1O. The molecule has 0 radical (unpaired) electrons. The number of fused-ring (bicyclic) bond motifs is 1. The molecule has 28 heavy (non-hydrogen) atoms. The van der Waals surface area contributed by atoms with Crippen LogP contribution in [0.2, 0.25) is 0 Å². The number of nitro groups is 1. The fourth-order valence-corrected chi connectivity index (χ4v) is 2.82. The van der Waals surface area contributed by atoms with E-state index in [2.05, 4.69) is 16.0 Å². The highest BCUT2D eigenvalue weighted by atomic mass is 16.6. The number of benzene rings is 2. The van der Waals surface area contributed by atoms with Gasteiger partial charge in [0.25, 0.3) is 0 Å². The summed E-state index contributed by atoms with van der Waals surface area (Å²) in [6.07, 6.45) is 1.46. The lowest BCUT2D eigenvalue weighted by molar-refractivity contribution is -0.386. The number of phenols is 1. The van der Waals surface area contributed by atoms with Gasteiger partial charge in [-0.15, -0.1) is 0 Å². The van der Waals surface area contributed by atoms with Crippen LogP contribution >= 0.6 is 0 Å². The van der Waals surface area contributed by atoms with Crippen LogP contribution in [0.3, 0.4) is 0 Å². The molecule has 8 nitrogen and oxygen atoms in total. The number of aromatic amines is 1. The standard InChI is InChI=1S/C20H18N4O4/c1-4-28-18-9-13(8-17(19(18)25)24(26)27)7-14(10-21)20-22-15-5-11(2)12(3)6-16(15)23-20/h5-9,25H,4H2,1-3H3,(H,22,23). The number of imidazole rings is 1. The summed E-state index contributed by atoms with van der Waals surface area (Å²) in [6, 6.07) is 8.58. The lowest BCUT2D eigenvalue weighted by atomic mass is 10.1. The molecule has 0 aliphatic heterocycles. The van der Waals surface area contributed by atoms with Crippen LogP contribution < -0.4 is 4.74 Å². The summed E-state index contributed by atoms with van der Waals surface area (Å²) in [7, 11) is 0.